The molecule has 138 valence electrons. The van der Waals surface area contributed by atoms with E-state index in [1.807, 2.05) is 12.3 Å². The van der Waals surface area contributed by atoms with E-state index in [0.717, 1.165) is 49.0 Å². The van der Waals surface area contributed by atoms with Crippen LogP contribution in [0.2, 0.25) is 0 Å². The van der Waals surface area contributed by atoms with Crippen LogP contribution in [0.5, 0.6) is 0 Å². The maximum Gasteiger partial charge on any atom is 0.162 e. The normalized spacial score (nSPS) is 49.3. The lowest BCUT2D eigenvalue weighted by Crippen LogP contribution is -2.56. The monoisotopic (exact) mass is 353 g/mol. The second-order valence-corrected chi connectivity index (χ2v) is 9.54. The van der Waals surface area contributed by atoms with Gasteiger partial charge in [0.25, 0.3) is 0 Å². The van der Waals surface area contributed by atoms with Gasteiger partial charge in [-0.05, 0) is 73.3 Å². The van der Waals surface area contributed by atoms with Gasteiger partial charge in [0.05, 0.1) is 12.3 Å². The van der Waals surface area contributed by atoms with Gasteiger partial charge in [-0.3, -0.25) is 0 Å². The van der Waals surface area contributed by atoms with Crippen LogP contribution in [0, 0.1) is 40.9 Å². The molecule has 0 aliphatic heterocycles. The topological polar surface area (TPSA) is 66.5 Å². The summed E-state index contributed by atoms with van der Waals surface area (Å²) in [5.74, 6) is 4.80. The van der Waals surface area contributed by atoms with E-state index in [1.54, 1.807) is 0 Å². The predicted octanol–water partition coefficient (Wildman–Crippen LogP) is 3.19. The molecule has 0 aromatic carbocycles. The highest BCUT2D eigenvalue weighted by atomic mass is 16.5. The van der Waals surface area contributed by atoms with E-state index in [2.05, 4.69) is 24.9 Å². The number of nitrogens with zero attached hydrogens (tertiary/aromatic N) is 1. The number of aliphatic hydroxyl groups excluding tert-OH is 1. The minimum absolute atomic E-state index is 0.0704. The van der Waals surface area contributed by atoms with Crippen LogP contribution in [0.1, 0.15) is 57.3 Å². The zero-order chi connectivity index (χ0) is 18.3. The van der Waals surface area contributed by atoms with Gasteiger partial charge in [0, 0.05) is 11.0 Å². The quantitative estimate of drug-likeness (QED) is 0.703. The smallest absolute Gasteiger partial charge is 0.162 e. The first kappa shape index (κ1) is 16.6. The summed E-state index contributed by atoms with van der Waals surface area (Å²) in [4.78, 5) is 0. The average molecular weight is 353 g/mol. The zero-order valence-corrected chi connectivity index (χ0v) is 15.5. The third kappa shape index (κ3) is 1.81. The molecule has 0 amide bonds. The maximum absolute atomic E-state index is 11.1. The van der Waals surface area contributed by atoms with E-state index >= 15 is 0 Å². The minimum atomic E-state index is -1.00. The molecule has 0 unspecified atom stereocenters. The second-order valence-electron chi connectivity index (χ2n) is 9.54. The Hall–Kier alpha value is -1.57. The van der Waals surface area contributed by atoms with Gasteiger partial charge in [-0.25, -0.2) is 0 Å². The van der Waals surface area contributed by atoms with Gasteiger partial charge in [0.1, 0.15) is 5.60 Å². The number of hydrogen-bond acceptors (Lipinski definition) is 4. The average Bonchev–Trinajstić information content (AvgIpc) is 3.16. The molecule has 5 rings (SSSR count). The lowest BCUT2D eigenvalue weighted by Gasteiger charge is -2.59. The molecule has 0 radical (unpaired) electrons. The van der Waals surface area contributed by atoms with Gasteiger partial charge >= 0.3 is 0 Å². The summed E-state index contributed by atoms with van der Waals surface area (Å²) in [7, 11) is 0. The summed E-state index contributed by atoms with van der Waals surface area (Å²) in [5, 5.41) is 26.1. The SMILES string of the molecule is C#C[C@]1(O)CC[C@H]2[C@@H]3C[C@@H](O)C4=Cc5oncc5C[C@]4(C)[C@H]3CC[C@@]21C. The molecule has 0 saturated heterocycles. The van der Waals surface area contributed by atoms with Crippen LogP contribution in [-0.2, 0) is 6.42 Å². The fourth-order valence-corrected chi connectivity index (χ4v) is 7.19. The Labute approximate surface area is 154 Å². The molecular formula is C22H27NO3. The van der Waals surface area contributed by atoms with Crippen molar-refractivity contribution in [3.8, 4) is 12.3 Å². The Bertz CT molecular complexity index is 835. The molecule has 26 heavy (non-hydrogen) atoms. The van der Waals surface area contributed by atoms with Crippen molar-refractivity contribution in [3.63, 3.8) is 0 Å². The minimum Gasteiger partial charge on any atom is -0.389 e. The van der Waals surface area contributed by atoms with Crippen molar-refractivity contribution < 1.29 is 14.7 Å². The molecule has 0 bridgehead atoms. The maximum atomic E-state index is 11.1. The van der Waals surface area contributed by atoms with Crippen molar-refractivity contribution in [1.29, 1.82) is 0 Å². The summed E-state index contributed by atoms with van der Waals surface area (Å²) >= 11 is 0. The molecule has 0 spiro atoms. The summed E-state index contributed by atoms with van der Waals surface area (Å²) in [6, 6.07) is 0. The van der Waals surface area contributed by atoms with E-state index in [-0.39, 0.29) is 10.8 Å². The molecule has 4 aliphatic carbocycles. The molecule has 1 heterocycles. The summed E-state index contributed by atoms with van der Waals surface area (Å²) in [6.07, 6.45) is 14.4. The molecule has 1 aromatic heterocycles. The highest BCUT2D eigenvalue weighted by molar-refractivity contribution is 5.58. The third-order valence-electron chi connectivity index (χ3n) is 8.68. The van der Waals surface area contributed by atoms with Crippen molar-refractivity contribution in [3.05, 3.63) is 23.1 Å². The van der Waals surface area contributed by atoms with Crippen LogP contribution in [0.15, 0.2) is 16.3 Å². The molecule has 3 saturated carbocycles. The molecule has 4 aliphatic rings. The Morgan fingerprint density at radius 1 is 1.27 bits per heavy atom. The molecule has 7 atom stereocenters. The number of hydrogen-bond donors (Lipinski definition) is 2. The van der Waals surface area contributed by atoms with Crippen LogP contribution in [-0.4, -0.2) is 27.1 Å². The van der Waals surface area contributed by atoms with Gasteiger partial charge in [-0.1, -0.05) is 24.9 Å². The third-order valence-corrected chi connectivity index (χ3v) is 8.68. The number of terminal acetylenes is 1. The fourth-order valence-electron chi connectivity index (χ4n) is 7.19. The van der Waals surface area contributed by atoms with E-state index in [0.29, 0.717) is 24.2 Å². The largest absolute Gasteiger partial charge is 0.389 e. The van der Waals surface area contributed by atoms with E-state index in [4.69, 9.17) is 10.9 Å². The van der Waals surface area contributed by atoms with Crippen LogP contribution in [0.25, 0.3) is 6.08 Å². The Kier molecular flexibility index (Phi) is 3.21. The molecule has 4 nitrogen and oxygen atoms in total. The first-order chi connectivity index (χ1) is 12.3. The Morgan fingerprint density at radius 3 is 2.81 bits per heavy atom. The van der Waals surface area contributed by atoms with Crippen LogP contribution in [0.4, 0.5) is 0 Å². The standard InChI is InChI=1S/C22H27NO3/c1-4-22(25)8-6-16-14-9-18(24)17-10-19-13(12-23-26-19)11-20(17,2)15(14)5-7-21(16,22)3/h1,10,12,14-16,18,24-25H,5-9,11H2,2-3H3/t14-,15+,16+,18-,20-,21+,22+/m1/s1. The highest BCUT2D eigenvalue weighted by Gasteiger charge is 2.64. The summed E-state index contributed by atoms with van der Waals surface area (Å²) in [6.45, 7) is 4.49. The van der Waals surface area contributed by atoms with Crippen molar-refractivity contribution in [2.24, 2.45) is 28.6 Å². The lowest BCUT2D eigenvalue weighted by molar-refractivity contribution is -0.111. The molecule has 4 heteroatoms. The number of fused-ring (bicyclic) bond motifs is 6. The Balaban J connectivity index is 1.57. The van der Waals surface area contributed by atoms with Crippen LogP contribution in [0.3, 0.4) is 0 Å². The molecule has 3 fully saturated rings. The highest BCUT2D eigenvalue weighted by Crippen LogP contribution is 2.67. The van der Waals surface area contributed by atoms with E-state index in [1.165, 1.54) is 0 Å². The first-order valence-electron chi connectivity index (χ1n) is 9.86. The van der Waals surface area contributed by atoms with Gasteiger partial charge in [0.15, 0.2) is 5.76 Å². The van der Waals surface area contributed by atoms with Crippen molar-refractivity contribution in [1.82, 2.24) is 5.16 Å². The zero-order valence-electron chi connectivity index (χ0n) is 15.5. The van der Waals surface area contributed by atoms with Gasteiger partial charge in [-0.2, -0.15) is 0 Å². The number of aliphatic hydroxyl groups is 2. The molecular weight excluding hydrogens is 326 g/mol. The van der Waals surface area contributed by atoms with Crippen molar-refractivity contribution in [2.45, 2.75) is 64.1 Å². The summed E-state index contributed by atoms with van der Waals surface area (Å²) < 4.78 is 5.37. The first-order valence-corrected chi connectivity index (χ1v) is 9.86. The second kappa shape index (κ2) is 5.03. The van der Waals surface area contributed by atoms with Crippen LogP contribution >= 0.6 is 0 Å². The van der Waals surface area contributed by atoms with Crippen LogP contribution < -0.4 is 0 Å². The van der Waals surface area contributed by atoms with Gasteiger partial charge < -0.3 is 14.7 Å². The molecule has 1 aromatic rings. The number of rotatable bonds is 0. The number of aromatic nitrogens is 1. The lowest BCUT2D eigenvalue weighted by atomic mass is 9.46. The summed E-state index contributed by atoms with van der Waals surface area (Å²) in [5.41, 5.74) is 0.940. The fraction of sp³-hybridized carbons (Fsp3) is 0.682. The van der Waals surface area contributed by atoms with Gasteiger partial charge in [-0.15, -0.1) is 6.42 Å². The predicted molar refractivity (Wildman–Crippen MR) is 97.7 cm³/mol. The van der Waals surface area contributed by atoms with E-state index in [9.17, 15) is 10.2 Å². The van der Waals surface area contributed by atoms with Crippen molar-refractivity contribution >= 4 is 6.08 Å². The van der Waals surface area contributed by atoms with Gasteiger partial charge in [0.2, 0.25) is 0 Å². The Morgan fingerprint density at radius 2 is 2.04 bits per heavy atom. The van der Waals surface area contributed by atoms with E-state index < -0.39 is 11.7 Å². The molecule has 2 N–H and O–H groups in total. The van der Waals surface area contributed by atoms with Crippen molar-refractivity contribution in [2.75, 3.05) is 0 Å².